The van der Waals surface area contributed by atoms with E-state index < -0.39 is 0 Å². The van der Waals surface area contributed by atoms with E-state index in [-0.39, 0.29) is 12.3 Å². The molecule has 0 aromatic heterocycles. The molecule has 2 aliphatic rings. The zero-order valence-corrected chi connectivity index (χ0v) is 10.8. The number of carbonyl (C=O) groups is 1. The Balaban J connectivity index is 1.86. The van der Waals surface area contributed by atoms with Crippen LogP contribution in [-0.4, -0.2) is 37.3 Å². The Morgan fingerprint density at radius 3 is 2.84 bits per heavy atom. The van der Waals surface area contributed by atoms with E-state index in [1.165, 1.54) is 0 Å². The molecule has 0 saturated carbocycles. The average molecular weight is 258 g/mol. The van der Waals surface area contributed by atoms with E-state index in [0.717, 1.165) is 42.9 Å². The molecule has 1 aromatic rings. The minimum absolute atomic E-state index is 0.0610. The normalized spacial score (nSPS) is 19.8. The predicted octanol–water partition coefficient (Wildman–Crippen LogP) is 0.553. The zero-order chi connectivity index (χ0) is 13.2. The number of anilines is 1. The van der Waals surface area contributed by atoms with Crippen molar-refractivity contribution in [2.24, 2.45) is 4.99 Å². The summed E-state index contributed by atoms with van der Waals surface area (Å²) in [5.74, 6) is 0.875. The molecule has 0 amide bonds. The summed E-state index contributed by atoms with van der Waals surface area (Å²) >= 11 is 0. The molecule has 0 aliphatic carbocycles. The summed E-state index contributed by atoms with van der Waals surface area (Å²) in [6.45, 7) is 2.27. The number of nitrogen functional groups attached to an aromatic ring is 1. The first-order valence-corrected chi connectivity index (χ1v) is 6.69. The van der Waals surface area contributed by atoms with Crippen LogP contribution in [0, 0.1) is 0 Å². The van der Waals surface area contributed by atoms with Crippen molar-refractivity contribution < 1.29 is 4.79 Å². The van der Waals surface area contributed by atoms with Gasteiger partial charge >= 0.3 is 0 Å². The molecule has 2 aliphatic heterocycles. The summed E-state index contributed by atoms with van der Waals surface area (Å²) in [5.41, 5.74) is 8.04. The average Bonchev–Trinajstić information content (AvgIpc) is 2.43. The first-order chi connectivity index (χ1) is 9.24. The lowest BCUT2D eigenvalue weighted by atomic mass is 9.98. The van der Waals surface area contributed by atoms with E-state index in [0.29, 0.717) is 11.7 Å². The summed E-state index contributed by atoms with van der Waals surface area (Å²) < 4.78 is 0. The van der Waals surface area contributed by atoms with Crippen LogP contribution < -0.4 is 16.4 Å². The summed E-state index contributed by atoms with van der Waals surface area (Å²) in [4.78, 5) is 16.2. The highest BCUT2D eigenvalue weighted by Gasteiger charge is 2.23. The Labute approximate surface area is 112 Å². The molecule has 19 heavy (non-hydrogen) atoms. The van der Waals surface area contributed by atoms with Crippen molar-refractivity contribution in [2.75, 3.05) is 25.4 Å². The number of Topliss-reactive ketones (excluding diaryl/α,β-unsaturated/α-hetero) is 1. The van der Waals surface area contributed by atoms with Crippen LogP contribution in [0.25, 0.3) is 0 Å². The highest BCUT2D eigenvalue weighted by Crippen LogP contribution is 2.19. The number of piperidine rings is 1. The number of rotatable bonds is 1. The molecule has 0 atom stereocenters. The highest BCUT2D eigenvalue weighted by atomic mass is 16.1. The highest BCUT2D eigenvalue weighted by molar-refractivity contribution is 6.14. The molecule has 1 aromatic carbocycles. The van der Waals surface area contributed by atoms with E-state index in [9.17, 15) is 4.79 Å². The third kappa shape index (κ3) is 2.46. The Hall–Kier alpha value is -1.88. The van der Waals surface area contributed by atoms with Crippen molar-refractivity contribution in [3.63, 3.8) is 0 Å². The van der Waals surface area contributed by atoms with Crippen molar-refractivity contribution in [1.29, 1.82) is 0 Å². The van der Waals surface area contributed by atoms with Crippen LogP contribution in [0.2, 0.25) is 0 Å². The predicted molar refractivity (Wildman–Crippen MR) is 75.6 cm³/mol. The number of nitrogens with two attached hydrogens (primary N) is 1. The first-order valence-electron chi connectivity index (χ1n) is 6.69. The number of carbonyl (C=O) groups excluding carboxylic acids is 1. The van der Waals surface area contributed by atoms with Gasteiger partial charge in [0.15, 0.2) is 5.78 Å². The molecule has 0 unspecified atom stereocenters. The molecule has 5 nitrogen and oxygen atoms in total. The lowest BCUT2D eigenvalue weighted by molar-refractivity contribution is 0.1000. The minimum Gasteiger partial charge on any atom is -0.399 e. The zero-order valence-electron chi connectivity index (χ0n) is 10.8. The number of nitrogens with zero attached hydrogens (tertiary/aromatic N) is 1. The Bertz CT molecular complexity index is 532. The third-order valence-corrected chi connectivity index (χ3v) is 3.66. The molecule has 3 rings (SSSR count). The fraction of sp³-hybridized carbons (Fsp3) is 0.429. The smallest absolute Gasteiger partial charge is 0.185 e. The fourth-order valence-corrected chi connectivity index (χ4v) is 2.61. The lowest BCUT2D eigenvalue weighted by Crippen LogP contribution is -2.44. The van der Waals surface area contributed by atoms with Gasteiger partial charge in [-0.2, -0.15) is 0 Å². The van der Waals surface area contributed by atoms with Crippen LogP contribution in [0.5, 0.6) is 0 Å². The maximum Gasteiger partial charge on any atom is 0.185 e. The van der Waals surface area contributed by atoms with Crippen molar-refractivity contribution in [1.82, 2.24) is 10.6 Å². The molecule has 2 heterocycles. The summed E-state index contributed by atoms with van der Waals surface area (Å²) in [5, 5.41) is 6.80. The quantitative estimate of drug-likeness (QED) is 0.643. The second-order valence-electron chi connectivity index (χ2n) is 5.06. The molecule has 1 fully saturated rings. The van der Waals surface area contributed by atoms with Gasteiger partial charge in [-0.25, -0.2) is 0 Å². The van der Waals surface area contributed by atoms with Crippen LogP contribution in [-0.2, 0) is 0 Å². The molecular weight excluding hydrogens is 240 g/mol. The number of fused-ring (bicyclic) bond motifs is 1. The fourth-order valence-electron chi connectivity index (χ4n) is 2.61. The van der Waals surface area contributed by atoms with Gasteiger partial charge in [0.1, 0.15) is 12.4 Å². The van der Waals surface area contributed by atoms with Crippen LogP contribution in [0.15, 0.2) is 23.2 Å². The summed E-state index contributed by atoms with van der Waals surface area (Å²) in [6, 6.07) is 5.82. The number of hydrogen-bond acceptors (Lipinski definition) is 5. The molecule has 5 heteroatoms. The SMILES string of the molecule is Nc1ccc2c(c1)C(NC1CCNCC1)=NCC2=O. The molecule has 0 spiro atoms. The molecular formula is C14H18N4O. The van der Waals surface area contributed by atoms with Gasteiger partial charge < -0.3 is 16.4 Å². The second-order valence-corrected chi connectivity index (χ2v) is 5.06. The van der Waals surface area contributed by atoms with Crippen LogP contribution >= 0.6 is 0 Å². The minimum atomic E-state index is 0.0610. The number of amidine groups is 1. The Morgan fingerprint density at radius 2 is 2.05 bits per heavy atom. The third-order valence-electron chi connectivity index (χ3n) is 3.66. The molecule has 0 bridgehead atoms. The van der Waals surface area contributed by atoms with Crippen LogP contribution in [0.1, 0.15) is 28.8 Å². The molecule has 100 valence electrons. The van der Waals surface area contributed by atoms with E-state index in [1.54, 1.807) is 12.1 Å². The van der Waals surface area contributed by atoms with Crippen molar-refractivity contribution in [3.05, 3.63) is 29.3 Å². The lowest BCUT2D eigenvalue weighted by Gasteiger charge is -2.27. The molecule has 4 N–H and O–H groups in total. The van der Waals surface area contributed by atoms with Crippen molar-refractivity contribution in [3.8, 4) is 0 Å². The maximum atomic E-state index is 11.8. The maximum absolute atomic E-state index is 11.8. The number of benzene rings is 1. The second kappa shape index (κ2) is 5.01. The van der Waals surface area contributed by atoms with Gasteiger partial charge in [-0.15, -0.1) is 0 Å². The van der Waals surface area contributed by atoms with Crippen molar-refractivity contribution >= 4 is 17.3 Å². The Kier molecular flexibility index (Phi) is 3.21. The number of ketones is 1. The Morgan fingerprint density at radius 1 is 1.26 bits per heavy atom. The van der Waals surface area contributed by atoms with Gasteiger partial charge in [0.25, 0.3) is 0 Å². The van der Waals surface area contributed by atoms with E-state index in [4.69, 9.17) is 5.73 Å². The summed E-state index contributed by atoms with van der Waals surface area (Å²) in [7, 11) is 0. The topological polar surface area (TPSA) is 79.5 Å². The van der Waals surface area contributed by atoms with Gasteiger partial charge in [0.05, 0.1) is 0 Å². The number of nitrogens with one attached hydrogen (secondary N) is 2. The standard InChI is InChI=1S/C14H18N4O/c15-9-1-2-11-12(7-9)14(17-8-13(11)19)18-10-3-5-16-6-4-10/h1-2,7,10,16H,3-6,8,15H2,(H,17,18). The number of hydrogen-bond donors (Lipinski definition) is 3. The van der Waals surface area contributed by atoms with E-state index >= 15 is 0 Å². The molecule has 1 saturated heterocycles. The van der Waals surface area contributed by atoms with Crippen LogP contribution in [0.4, 0.5) is 5.69 Å². The van der Waals surface area contributed by atoms with E-state index in [1.807, 2.05) is 6.07 Å². The van der Waals surface area contributed by atoms with Gasteiger partial charge in [-0.1, -0.05) is 0 Å². The largest absolute Gasteiger partial charge is 0.399 e. The van der Waals surface area contributed by atoms with Gasteiger partial charge in [-0.3, -0.25) is 9.79 Å². The molecule has 0 radical (unpaired) electrons. The first kappa shape index (κ1) is 12.2. The van der Waals surface area contributed by atoms with E-state index in [2.05, 4.69) is 15.6 Å². The van der Waals surface area contributed by atoms with Crippen LogP contribution in [0.3, 0.4) is 0 Å². The summed E-state index contributed by atoms with van der Waals surface area (Å²) in [6.07, 6.45) is 2.15. The monoisotopic (exact) mass is 258 g/mol. The number of aliphatic imine (C=N–C) groups is 1. The van der Waals surface area contributed by atoms with Gasteiger partial charge in [-0.05, 0) is 44.1 Å². The van der Waals surface area contributed by atoms with Crippen molar-refractivity contribution in [2.45, 2.75) is 18.9 Å². The van der Waals surface area contributed by atoms with Gasteiger partial charge in [0, 0.05) is 22.9 Å². The van der Waals surface area contributed by atoms with Gasteiger partial charge in [0.2, 0.25) is 0 Å².